The lowest BCUT2D eigenvalue weighted by molar-refractivity contribution is 0.624. The SMILES string of the molecule is C#Cc1c(F)cccc1Cl.C[Si](C)(C)C#Cc1c(F)cccc1Cl. The summed E-state index contributed by atoms with van der Waals surface area (Å²) in [7, 11) is -1.47. The normalized spacial score (nSPS) is 9.92. The van der Waals surface area contributed by atoms with Crippen molar-refractivity contribution in [2.24, 2.45) is 0 Å². The van der Waals surface area contributed by atoms with Crippen molar-refractivity contribution in [2.75, 3.05) is 0 Å². The van der Waals surface area contributed by atoms with Crippen LogP contribution in [0.15, 0.2) is 36.4 Å². The highest BCUT2D eigenvalue weighted by atomic mass is 35.5. The van der Waals surface area contributed by atoms with Gasteiger partial charge in [-0.15, -0.1) is 12.0 Å². The molecule has 0 aliphatic heterocycles. The first-order valence-corrected chi connectivity index (χ1v) is 11.3. The minimum absolute atomic E-state index is 0.129. The Morgan fingerprint density at radius 3 is 1.67 bits per heavy atom. The minimum Gasteiger partial charge on any atom is -0.206 e. The molecule has 0 heterocycles. The molecule has 0 unspecified atom stereocenters. The second kappa shape index (κ2) is 8.90. The highest BCUT2D eigenvalue weighted by Gasteiger charge is 2.09. The summed E-state index contributed by atoms with van der Waals surface area (Å²) in [4.78, 5) is 0. The van der Waals surface area contributed by atoms with E-state index in [1.165, 1.54) is 18.2 Å². The van der Waals surface area contributed by atoms with Crippen molar-refractivity contribution in [3.8, 4) is 23.8 Å². The zero-order chi connectivity index (χ0) is 18.3. The van der Waals surface area contributed by atoms with Gasteiger partial charge >= 0.3 is 0 Å². The first-order valence-electron chi connectivity index (χ1n) is 7.03. The summed E-state index contributed by atoms with van der Waals surface area (Å²) < 4.78 is 25.9. The summed E-state index contributed by atoms with van der Waals surface area (Å²) >= 11 is 11.4. The van der Waals surface area contributed by atoms with E-state index in [0.29, 0.717) is 10.6 Å². The Labute approximate surface area is 152 Å². The van der Waals surface area contributed by atoms with Gasteiger partial charge in [-0.2, -0.15) is 0 Å². The quantitative estimate of drug-likeness (QED) is 0.378. The standard InChI is InChI=1S/C11H12ClFSi.C8H4ClF/c1-14(2,3)8-7-9-10(12)5-4-6-11(9)13;1-2-6-7(9)4-3-5-8(6)10/h4-6H,1-3H3;1,3-5H. The second-order valence-corrected chi connectivity index (χ2v) is 11.4. The molecule has 0 spiro atoms. The third kappa shape index (κ3) is 6.38. The van der Waals surface area contributed by atoms with Gasteiger partial charge in [0.2, 0.25) is 0 Å². The average molecular weight is 381 g/mol. The molecule has 0 N–H and O–H groups in total. The van der Waals surface area contributed by atoms with Crippen LogP contribution < -0.4 is 0 Å². The molecule has 0 amide bonds. The largest absolute Gasteiger partial charge is 0.206 e. The van der Waals surface area contributed by atoms with Gasteiger partial charge in [-0.25, -0.2) is 8.78 Å². The van der Waals surface area contributed by atoms with Gasteiger partial charge in [0, 0.05) is 0 Å². The number of hydrogen-bond acceptors (Lipinski definition) is 0. The number of rotatable bonds is 0. The fourth-order valence-electron chi connectivity index (χ4n) is 1.50. The molecule has 5 heteroatoms. The van der Waals surface area contributed by atoms with E-state index < -0.39 is 13.9 Å². The first kappa shape index (κ1) is 20.3. The fourth-order valence-corrected chi connectivity index (χ4v) is 2.43. The lowest BCUT2D eigenvalue weighted by Crippen LogP contribution is -2.16. The summed E-state index contributed by atoms with van der Waals surface area (Å²) in [5.41, 5.74) is 3.53. The highest BCUT2D eigenvalue weighted by molar-refractivity contribution is 6.83. The van der Waals surface area contributed by atoms with E-state index in [9.17, 15) is 8.78 Å². The average Bonchev–Trinajstić information content (AvgIpc) is 2.46. The molecular formula is C19H16Cl2F2Si. The van der Waals surface area contributed by atoms with Crippen molar-refractivity contribution < 1.29 is 8.78 Å². The Morgan fingerprint density at radius 2 is 1.33 bits per heavy atom. The van der Waals surface area contributed by atoms with E-state index in [0.717, 1.165) is 0 Å². The van der Waals surface area contributed by atoms with Gasteiger partial charge < -0.3 is 0 Å². The summed E-state index contributed by atoms with van der Waals surface area (Å²) in [5, 5.41) is 0.665. The van der Waals surface area contributed by atoms with Crippen LogP contribution >= 0.6 is 23.2 Å². The number of hydrogen-bond donors (Lipinski definition) is 0. The molecule has 0 bridgehead atoms. The third-order valence-corrected chi connectivity index (χ3v) is 4.14. The monoisotopic (exact) mass is 380 g/mol. The zero-order valence-electron chi connectivity index (χ0n) is 13.6. The molecule has 2 aromatic carbocycles. The third-order valence-electron chi connectivity index (χ3n) is 2.63. The van der Waals surface area contributed by atoms with Crippen molar-refractivity contribution in [1.29, 1.82) is 0 Å². The van der Waals surface area contributed by atoms with Gasteiger partial charge in [-0.3, -0.25) is 0 Å². The molecule has 0 aliphatic carbocycles. The van der Waals surface area contributed by atoms with Gasteiger partial charge in [0.1, 0.15) is 19.7 Å². The Morgan fingerprint density at radius 1 is 0.875 bits per heavy atom. The molecule has 0 atom stereocenters. The first-order chi connectivity index (χ1) is 11.2. The maximum absolute atomic E-state index is 13.3. The topological polar surface area (TPSA) is 0 Å². The molecule has 0 radical (unpaired) electrons. The van der Waals surface area contributed by atoms with Gasteiger partial charge in [0.05, 0.1) is 21.2 Å². The molecule has 0 saturated carbocycles. The van der Waals surface area contributed by atoms with Gasteiger partial charge in [0.25, 0.3) is 0 Å². The van der Waals surface area contributed by atoms with E-state index in [1.807, 2.05) is 0 Å². The van der Waals surface area contributed by atoms with E-state index in [-0.39, 0.29) is 16.4 Å². The minimum atomic E-state index is -1.47. The molecule has 0 aromatic heterocycles. The second-order valence-electron chi connectivity index (χ2n) is 5.84. The Hall–Kier alpha value is -1.78. The van der Waals surface area contributed by atoms with Crippen LogP contribution in [0.25, 0.3) is 0 Å². The lowest BCUT2D eigenvalue weighted by atomic mass is 10.2. The number of benzene rings is 2. The predicted molar refractivity (Wildman–Crippen MR) is 101 cm³/mol. The molecule has 0 saturated heterocycles. The molecule has 0 aliphatic rings. The molecule has 0 fully saturated rings. The lowest BCUT2D eigenvalue weighted by Gasteiger charge is -2.04. The molecule has 124 valence electrons. The molecular weight excluding hydrogens is 365 g/mol. The Balaban J connectivity index is 0.000000254. The van der Waals surface area contributed by atoms with E-state index in [1.54, 1.807) is 18.2 Å². The van der Waals surface area contributed by atoms with Crippen LogP contribution in [0.2, 0.25) is 29.7 Å². The zero-order valence-corrected chi connectivity index (χ0v) is 16.1. The molecule has 24 heavy (non-hydrogen) atoms. The van der Waals surface area contributed by atoms with Crippen LogP contribution in [-0.2, 0) is 0 Å². The van der Waals surface area contributed by atoms with Crippen molar-refractivity contribution in [1.82, 2.24) is 0 Å². The smallest absolute Gasteiger partial charge is 0.140 e. The molecule has 2 aromatic rings. The van der Waals surface area contributed by atoms with Crippen LogP contribution in [0.4, 0.5) is 8.78 Å². The highest BCUT2D eigenvalue weighted by Crippen LogP contribution is 2.18. The number of terminal acetylenes is 1. The fraction of sp³-hybridized carbons (Fsp3) is 0.158. The van der Waals surface area contributed by atoms with E-state index in [2.05, 4.69) is 37.0 Å². The van der Waals surface area contributed by atoms with E-state index >= 15 is 0 Å². The molecule has 2 rings (SSSR count). The van der Waals surface area contributed by atoms with Gasteiger partial charge in [-0.05, 0) is 24.3 Å². The molecule has 0 nitrogen and oxygen atoms in total. The summed E-state index contributed by atoms with van der Waals surface area (Å²) in [5.74, 6) is 4.19. The van der Waals surface area contributed by atoms with Crippen molar-refractivity contribution in [2.45, 2.75) is 19.6 Å². The van der Waals surface area contributed by atoms with E-state index in [4.69, 9.17) is 29.6 Å². The van der Waals surface area contributed by atoms with Gasteiger partial charge in [-0.1, -0.05) is 66.8 Å². The van der Waals surface area contributed by atoms with Crippen LogP contribution in [0.1, 0.15) is 11.1 Å². The summed E-state index contributed by atoms with van der Waals surface area (Å²) in [6.45, 7) is 6.32. The Bertz CT molecular complexity index is 781. The van der Waals surface area contributed by atoms with Crippen molar-refractivity contribution >= 4 is 31.3 Å². The summed E-state index contributed by atoms with van der Waals surface area (Å²) in [6.07, 6.45) is 4.98. The van der Waals surface area contributed by atoms with Crippen LogP contribution in [-0.4, -0.2) is 8.07 Å². The van der Waals surface area contributed by atoms with Crippen molar-refractivity contribution in [3.63, 3.8) is 0 Å². The Kier molecular flexibility index (Phi) is 7.51. The maximum Gasteiger partial charge on any atom is 0.140 e. The number of halogens is 4. The maximum atomic E-state index is 13.3. The van der Waals surface area contributed by atoms with Crippen LogP contribution in [0.3, 0.4) is 0 Å². The van der Waals surface area contributed by atoms with Crippen LogP contribution in [0.5, 0.6) is 0 Å². The van der Waals surface area contributed by atoms with Crippen LogP contribution in [0, 0.1) is 35.4 Å². The summed E-state index contributed by atoms with van der Waals surface area (Å²) in [6, 6.07) is 8.95. The predicted octanol–water partition coefficient (Wildman–Crippen LogP) is 6.17. The van der Waals surface area contributed by atoms with Gasteiger partial charge in [0.15, 0.2) is 0 Å². The van der Waals surface area contributed by atoms with Crippen molar-refractivity contribution in [3.05, 3.63) is 69.2 Å².